The van der Waals surface area contributed by atoms with Gasteiger partial charge in [-0.25, -0.2) is 32.6 Å². The van der Waals surface area contributed by atoms with E-state index in [0.29, 0.717) is 11.4 Å². The summed E-state index contributed by atoms with van der Waals surface area (Å²) in [5.41, 5.74) is 0.157. The van der Waals surface area contributed by atoms with Crippen molar-refractivity contribution in [3.8, 4) is 11.6 Å². The van der Waals surface area contributed by atoms with Crippen LogP contribution in [0.5, 0.6) is 5.75 Å². The molecule has 156 valence electrons. The number of pyridine rings is 1. The van der Waals surface area contributed by atoms with Crippen molar-refractivity contribution in [2.75, 3.05) is 7.11 Å². The van der Waals surface area contributed by atoms with Crippen molar-refractivity contribution in [2.45, 2.75) is 11.4 Å². The van der Waals surface area contributed by atoms with Gasteiger partial charge >= 0.3 is 6.03 Å². The Morgan fingerprint density at radius 1 is 1.30 bits per heavy atom. The van der Waals surface area contributed by atoms with Gasteiger partial charge in [-0.2, -0.15) is 5.10 Å². The zero-order valence-corrected chi connectivity index (χ0v) is 16.2. The van der Waals surface area contributed by atoms with Gasteiger partial charge in [0.2, 0.25) is 0 Å². The second-order valence-electron chi connectivity index (χ2n) is 5.74. The van der Waals surface area contributed by atoms with Crippen LogP contribution in [0, 0.1) is 10.1 Å². The fourth-order valence-corrected chi connectivity index (χ4v) is 3.53. The first-order valence-electron chi connectivity index (χ1n) is 8.23. The van der Waals surface area contributed by atoms with Crippen molar-refractivity contribution in [1.82, 2.24) is 29.8 Å². The molecule has 0 aliphatic rings. The van der Waals surface area contributed by atoms with E-state index < -0.39 is 31.6 Å². The molecule has 0 bridgehead atoms. The second-order valence-corrected chi connectivity index (χ2v) is 7.39. The van der Waals surface area contributed by atoms with Crippen LogP contribution < -0.4 is 14.8 Å². The third kappa shape index (κ3) is 4.67. The normalized spacial score (nSPS) is 11.0. The maximum atomic E-state index is 12.5. The molecule has 0 unspecified atom stereocenters. The first-order chi connectivity index (χ1) is 14.3. The zero-order chi connectivity index (χ0) is 21.7. The lowest BCUT2D eigenvalue weighted by Gasteiger charge is -2.11. The number of aromatic nitrogens is 4. The summed E-state index contributed by atoms with van der Waals surface area (Å²) < 4.78 is 33.2. The summed E-state index contributed by atoms with van der Waals surface area (Å²) in [5.74, 6) is 0.314. The minimum atomic E-state index is -4.43. The number of urea groups is 1. The highest BCUT2D eigenvalue weighted by Gasteiger charge is 2.25. The molecule has 3 rings (SSSR count). The van der Waals surface area contributed by atoms with Crippen LogP contribution >= 0.6 is 0 Å². The molecule has 0 atom stereocenters. The number of non-ortho nitro benzene ring substituents is 1. The van der Waals surface area contributed by atoms with Crippen LogP contribution in [0.3, 0.4) is 0 Å². The minimum absolute atomic E-state index is 0.0162. The summed E-state index contributed by atoms with van der Waals surface area (Å²) in [4.78, 5) is 29.7. The number of carbonyl (C=O) groups excluding carboxylic acids is 1. The number of hydrogen-bond acceptors (Lipinski definition) is 9. The van der Waals surface area contributed by atoms with Gasteiger partial charge in [-0.1, -0.05) is 0 Å². The van der Waals surface area contributed by atoms with Gasteiger partial charge in [0.05, 0.1) is 12.0 Å². The van der Waals surface area contributed by atoms with E-state index in [1.165, 1.54) is 30.6 Å². The lowest BCUT2D eigenvalue weighted by molar-refractivity contribution is -0.385. The van der Waals surface area contributed by atoms with Crippen LogP contribution in [0.15, 0.2) is 54.1 Å². The van der Waals surface area contributed by atoms with Crippen LogP contribution in [0.4, 0.5) is 10.5 Å². The van der Waals surface area contributed by atoms with Crippen LogP contribution in [-0.4, -0.2) is 46.2 Å². The first-order valence-corrected chi connectivity index (χ1v) is 9.71. The lowest BCUT2D eigenvalue weighted by Crippen LogP contribution is -2.39. The molecule has 3 aromatic rings. The number of nitro groups is 1. The van der Waals surface area contributed by atoms with Crippen molar-refractivity contribution < 1.29 is 22.9 Å². The summed E-state index contributed by atoms with van der Waals surface area (Å²) in [6.45, 7) is -0.0162. The van der Waals surface area contributed by atoms with E-state index in [1.54, 1.807) is 16.9 Å². The summed E-state index contributed by atoms with van der Waals surface area (Å²) in [5, 5.41) is 17.3. The predicted molar refractivity (Wildman–Crippen MR) is 101 cm³/mol. The number of nitrogens with one attached hydrogen (secondary N) is 2. The Balaban J connectivity index is 1.71. The summed E-state index contributed by atoms with van der Waals surface area (Å²) in [6, 6.07) is 5.26. The topological polar surface area (TPSA) is 171 Å². The minimum Gasteiger partial charge on any atom is -0.495 e. The average Bonchev–Trinajstić information content (AvgIpc) is 3.26. The number of carbonyl (C=O) groups is 1. The van der Waals surface area contributed by atoms with Crippen molar-refractivity contribution in [3.05, 3.63) is 64.9 Å². The number of methoxy groups -OCH3 is 1. The fourth-order valence-electron chi connectivity index (χ4n) is 2.41. The predicted octanol–water partition coefficient (Wildman–Crippen LogP) is 0.767. The third-order valence-corrected chi connectivity index (χ3v) is 5.14. The van der Waals surface area contributed by atoms with Gasteiger partial charge in [0.1, 0.15) is 23.3 Å². The molecule has 1 aromatic carbocycles. The van der Waals surface area contributed by atoms with E-state index in [9.17, 15) is 23.3 Å². The smallest absolute Gasteiger partial charge is 0.328 e. The Labute approximate surface area is 169 Å². The number of amides is 2. The van der Waals surface area contributed by atoms with Crippen LogP contribution in [0.2, 0.25) is 0 Å². The van der Waals surface area contributed by atoms with Gasteiger partial charge < -0.3 is 10.1 Å². The van der Waals surface area contributed by atoms with Gasteiger partial charge in [-0.05, 0) is 23.8 Å². The van der Waals surface area contributed by atoms with Crippen LogP contribution in [0.25, 0.3) is 5.82 Å². The number of sulfonamides is 1. The van der Waals surface area contributed by atoms with Crippen molar-refractivity contribution in [1.29, 1.82) is 0 Å². The fraction of sp³-hybridized carbons (Fsp3) is 0.125. The van der Waals surface area contributed by atoms with Gasteiger partial charge in [0, 0.05) is 24.9 Å². The highest BCUT2D eigenvalue weighted by Crippen LogP contribution is 2.27. The molecule has 0 aliphatic carbocycles. The molecule has 0 saturated carbocycles. The molecular formula is C16H15N7O6S. The van der Waals surface area contributed by atoms with Crippen molar-refractivity contribution in [2.24, 2.45) is 0 Å². The van der Waals surface area contributed by atoms with E-state index in [1.807, 2.05) is 0 Å². The standard InChI is InChI=1S/C16H15N7O6S/c1-29-13-3-2-12(23(25)26)7-14(13)30(27,28)21-16(24)19-8-11-4-5-18-15(6-11)22-10-17-9-20-22/h2-7,9-10H,8H2,1H3,(H2,19,21,24). The summed E-state index contributed by atoms with van der Waals surface area (Å²) >= 11 is 0. The molecule has 2 N–H and O–H groups in total. The molecule has 13 nitrogen and oxygen atoms in total. The SMILES string of the molecule is COc1ccc([N+](=O)[O-])cc1S(=O)(=O)NC(=O)NCc1ccnc(-n2cncn2)c1. The van der Waals surface area contributed by atoms with E-state index in [4.69, 9.17) is 4.74 Å². The molecule has 2 aromatic heterocycles. The Kier molecular flexibility index (Phi) is 5.87. The number of hydrogen-bond donors (Lipinski definition) is 2. The van der Waals surface area contributed by atoms with Gasteiger partial charge in [0.25, 0.3) is 15.7 Å². The monoisotopic (exact) mass is 433 g/mol. The Morgan fingerprint density at radius 3 is 2.77 bits per heavy atom. The maximum absolute atomic E-state index is 12.5. The van der Waals surface area contributed by atoms with Crippen LogP contribution in [0.1, 0.15) is 5.56 Å². The number of benzene rings is 1. The molecule has 0 fully saturated rings. The van der Waals surface area contributed by atoms with Gasteiger partial charge in [-0.3, -0.25) is 10.1 Å². The molecule has 2 amide bonds. The lowest BCUT2D eigenvalue weighted by atomic mass is 10.2. The second kappa shape index (κ2) is 8.52. The Bertz CT molecular complexity index is 1180. The molecule has 0 radical (unpaired) electrons. The van der Waals surface area contributed by atoms with E-state index in [2.05, 4.69) is 20.4 Å². The van der Waals surface area contributed by atoms with Crippen LogP contribution in [-0.2, 0) is 16.6 Å². The number of nitrogens with zero attached hydrogens (tertiary/aromatic N) is 5. The first kappa shape index (κ1) is 20.7. The van der Waals surface area contributed by atoms with E-state index >= 15 is 0 Å². The average molecular weight is 433 g/mol. The Hall–Kier alpha value is -4.07. The molecule has 30 heavy (non-hydrogen) atoms. The molecule has 0 aliphatic heterocycles. The quantitative estimate of drug-likeness (QED) is 0.403. The highest BCUT2D eigenvalue weighted by atomic mass is 32.2. The molecule has 0 spiro atoms. The molecule has 0 saturated heterocycles. The Morgan fingerprint density at radius 2 is 2.10 bits per heavy atom. The van der Waals surface area contributed by atoms with Crippen molar-refractivity contribution >= 4 is 21.7 Å². The van der Waals surface area contributed by atoms with Gasteiger partial charge in [-0.15, -0.1) is 0 Å². The zero-order valence-electron chi connectivity index (χ0n) is 15.4. The summed E-state index contributed by atoms with van der Waals surface area (Å²) in [6.07, 6.45) is 4.29. The van der Waals surface area contributed by atoms with Gasteiger partial charge in [0.15, 0.2) is 5.82 Å². The highest BCUT2D eigenvalue weighted by molar-refractivity contribution is 7.90. The van der Waals surface area contributed by atoms with Crippen molar-refractivity contribution in [3.63, 3.8) is 0 Å². The largest absolute Gasteiger partial charge is 0.495 e. The number of rotatable bonds is 7. The molecule has 2 heterocycles. The number of ether oxygens (including phenoxy) is 1. The van der Waals surface area contributed by atoms with E-state index in [-0.39, 0.29) is 12.3 Å². The number of nitro benzene ring substituents is 1. The molecular weight excluding hydrogens is 418 g/mol. The third-order valence-electron chi connectivity index (χ3n) is 3.79. The summed E-state index contributed by atoms with van der Waals surface area (Å²) in [7, 11) is -3.23. The van der Waals surface area contributed by atoms with E-state index in [0.717, 1.165) is 18.2 Å². The maximum Gasteiger partial charge on any atom is 0.328 e. The molecule has 14 heteroatoms.